The second-order valence-corrected chi connectivity index (χ2v) is 5.52. The van der Waals surface area contributed by atoms with Crippen LogP contribution in [0.2, 0.25) is 0 Å². The number of carbonyl (C=O) groups is 1. The summed E-state index contributed by atoms with van der Waals surface area (Å²) in [6.07, 6.45) is 0.802. The molecule has 2 rings (SSSR count). The van der Waals surface area contributed by atoms with E-state index in [1.807, 2.05) is 57.2 Å². The highest BCUT2D eigenvalue weighted by molar-refractivity contribution is 5.97. The third-order valence-electron chi connectivity index (χ3n) is 3.58. The van der Waals surface area contributed by atoms with Gasteiger partial charge < -0.3 is 11.1 Å². The predicted octanol–water partition coefficient (Wildman–Crippen LogP) is 3.17. The number of nitrogens with one attached hydrogen (secondary N) is 1. The third-order valence-corrected chi connectivity index (χ3v) is 3.58. The predicted molar refractivity (Wildman–Crippen MR) is 87.5 cm³/mol. The molecule has 0 atom stereocenters. The van der Waals surface area contributed by atoms with Gasteiger partial charge in [-0.25, -0.2) is 0 Å². The average molecular weight is 282 g/mol. The Morgan fingerprint density at radius 2 is 1.62 bits per heavy atom. The van der Waals surface area contributed by atoms with Crippen LogP contribution in [0.3, 0.4) is 0 Å². The monoisotopic (exact) mass is 282 g/mol. The molecule has 0 radical (unpaired) electrons. The van der Waals surface area contributed by atoms with E-state index >= 15 is 0 Å². The molecule has 0 aliphatic carbocycles. The Bertz CT molecular complexity index is 622. The van der Waals surface area contributed by atoms with Crippen LogP contribution < -0.4 is 11.1 Å². The lowest BCUT2D eigenvalue weighted by molar-refractivity contribution is 0.0953. The van der Waals surface area contributed by atoms with Crippen LogP contribution >= 0.6 is 0 Å². The molecule has 0 unspecified atom stereocenters. The lowest BCUT2D eigenvalue weighted by Crippen LogP contribution is -2.27. The molecule has 0 aliphatic rings. The average Bonchev–Trinajstić information content (AvgIpc) is 2.40. The van der Waals surface area contributed by atoms with Crippen LogP contribution in [-0.2, 0) is 6.42 Å². The van der Waals surface area contributed by atoms with Crippen molar-refractivity contribution < 1.29 is 4.79 Å². The van der Waals surface area contributed by atoms with Crippen molar-refractivity contribution in [2.75, 3.05) is 12.3 Å². The van der Waals surface area contributed by atoms with Crippen molar-refractivity contribution in [2.24, 2.45) is 0 Å². The number of aryl methyl sites for hydroxylation is 3. The lowest BCUT2D eigenvalue weighted by atomic mass is 9.99. The minimum atomic E-state index is 0.000412. The summed E-state index contributed by atoms with van der Waals surface area (Å²) in [6, 6.07) is 11.8. The standard InChI is InChI=1S/C18H22N2O/c1-12-10-13(2)17(14(3)11-12)18(21)20-9-8-15-4-6-16(19)7-5-15/h4-7,10-11H,8-9,19H2,1-3H3,(H,20,21). The number of rotatable bonds is 4. The molecule has 2 aromatic rings. The molecule has 3 nitrogen and oxygen atoms in total. The van der Waals surface area contributed by atoms with Crippen LogP contribution in [0.4, 0.5) is 5.69 Å². The number of benzene rings is 2. The van der Waals surface area contributed by atoms with Gasteiger partial charge in [-0.3, -0.25) is 4.79 Å². The zero-order chi connectivity index (χ0) is 15.4. The van der Waals surface area contributed by atoms with Crippen molar-refractivity contribution in [3.05, 3.63) is 64.2 Å². The van der Waals surface area contributed by atoms with E-state index in [0.717, 1.165) is 28.8 Å². The number of carbonyl (C=O) groups excluding carboxylic acids is 1. The quantitative estimate of drug-likeness (QED) is 0.846. The van der Waals surface area contributed by atoms with E-state index in [2.05, 4.69) is 5.32 Å². The molecule has 0 saturated carbocycles. The molecule has 0 aliphatic heterocycles. The first kappa shape index (κ1) is 15.1. The van der Waals surface area contributed by atoms with E-state index in [0.29, 0.717) is 6.54 Å². The minimum absolute atomic E-state index is 0.000412. The van der Waals surface area contributed by atoms with Gasteiger partial charge in [-0.1, -0.05) is 29.8 Å². The Balaban J connectivity index is 1.98. The Morgan fingerprint density at radius 3 is 2.19 bits per heavy atom. The van der Waals surface area contributed by atoms with Crippen LogP contribution in [0.1, 0.15) is 32.6 Å². The Labute approximate surface area is 126 Å². The number of nitrogen functional groups attached to an aromatic ring is 1. The Morgan fingerprint density at radius 1 is 1.05 bits per heavy atom. The normalized spacial score (nSPS) is 10.4. The highest BCUT2D eigenvalue weighted by Crippen LogP contribution is 2.16. The fourth-order valence-electron chi connectivity index (χ4n) is 2.63. The van der Waals surface area contributed by atoms with Gasteiger partial charge in [0.15, 0.2) is 0 Å². The molecule has 1 amide bonds. The van der Waals surface area contributed by atoms with Crippen molar-refractivity contribution in [2.45, 2.75) is 27.2 Å². The van der Waals surface area contributed by atoms with Crippen LogP contribution in [0, 0.1) is 20.8 Å². The first-order chi connectivity index (χ1) is 9.97. The molecular formula is C18H22N2O. The van der Waals surface area contributed by atoms with Gasteiger partial charge in [-0.2, -0.15) is 0 Å². The van der Waals surface area contributed by atoms with Crippen LogP contribution in [0.5, 0.6) is 0 Å². The minimum Gasteiger partial charge on any atom is -0.399 e. The molecule has 0 spiro atoms. The van der Waals surface area contributed by atoms with Gasteiger partial charge in [0.25, 0.3) is 5.91 Å². The number of nitrogens with two attached hydrogens (primary N) is 1. The molecule has 0 bridgehead atoms. The van der Waals surface area contributed by atoms with Crippen molar-refractivity contribution in [1.29, 1.82) is 0 Å². The van der Waals surface area contributed by atoms with E-state index in [4.69, 9.17) is 5.73 Å². The molecular weight excluding hydrogens is 260 g/mol. The molecule has 110 valence electrons. The highest BCUT2D eigenvalue weighted by Gasteiger charge is 2.12. The fourth-order valence-corrected chi connectivity index (χ4v) is 2.63. The van der Waals surface area contributed by atoms with E-state index in [-0.39, 0.29) is 5.91 Å². The molecule has 0 fully saturated rings. The number of hydrogen-bond acceptors (Lipinski definition) is 2. The SMILES string of the molecule is Cc1cc(C)c(C(=O)NCCc2ccc(N)cc2)c(C)c1. The Hall–Kier alpha value is -2.29. The summed E-state index contributed by atoms with van der Waals surface area (Å²) >= 11 is 0. The first-order valence-electron chi connectivity index (χ1n) is 7.18. The summed E-state index contributed by atoms with van der Waals surface area (Å²) in [5.74, 6) is 0.000412. The Kier molecular flexibility index (Phi) is 4.63. The maximum Gasteiger partial charge on any atom is 0.251 e. The van der Waals surface area contributed by atoms with E-state index in [1.54, 1.807) is 0 Å². The molecule has 0 heterocycles. The van der Waals surface area contributed by atoms with E-state index in [9.17, 15) is 4.79 Å². The summed E-state index contributed by atoms with van der Waals surface area (Å²) in [7, 11) is 0. The van der Waals surface area contributed by atoms with Gasteiger partial charge in [0.1, 0.15) is 0 Å². The van der Waals surface area contributed by atoms with Gasteiger partial charge in [0.05, 0.1) is 0 Å². The van der Waals surface area contributed by atoms with E-state index in [1.165, 1.54) is 11.1 Å². The van der Waals surface area contributed by atoms with Gasteiger partial charge in [-0.15, -0.1) is 0 Å². The summed E-state index contributed by atoms with van der Waals surface area (Å²) in [6.45, 7) is 6.63. The van der Waals surface area contributed by atoms with Crippen molar-refractivity contribution >= 4 is 11.6 Å². The second-order valence-electron chi connectivity index (χ2n) is 5.52. The molecule has 0 aromatic heterocycles. The molecule has 3 heteroatoms. The summed E-state index contributed by atoms with van der Waals surface area (Å²) in [5.41, 5.74) is 11.6. The molecule has 2 aromatic carbocycles. The van der Waals surface area contributed by atoms with Crippen LogP contribution in [0.25, 0.3) is 0 Å². The van der Waals surface area contributed by atoms with Gasteiger partial charge in [0, 0.05) is 17.8 Å². The highest BCUT2D eigenvalue weighted by atomic mass is 16.1. The van der Waals surface area contributed by atoms with Crippen LogP contribution in [0.15, 0.2) is 36.4 Å². The maximum atomic E-state index is 12.3. The second kappa shape index (κ2) is 6.44. The van der Waals surface area contributed by atoms with E-state index < -0.39 is 0 Å². The van der Waals surface area contributed by atoms with Crippen molar-refractivity contribution in [1.82, 2.24) is 5.32 Å². The molecule has 3 N–H and O–H groups in total. The topological polar surface area (TPSA) is 55.1 Å². The van der Waals surface area contributed by atoms with Crippen molar-refractivity contribution in [3.8, 4) is 0 Å². The summed E-state index contributed by atoms with van der Waals surface area (Å²) in [4.78, 5) is 12.3. The van der Waals surface area contributed by atoms with Gasteiger partial charge in [0.2, 0.25) is 0 Å². The number of amides is 1. The number of hydrogen-bond donors (Lipinski definition) is 2. The third kappa shape index (κ3) is 3.85. The zero-order valence-electron chi connectivity index (χ0n) is 12.9. The molecule has 0 saturated heterocycles. The summed E-state index contributed by atoms with van der Waals surface area (Å²) < 4.78 is 0. The zero-order valence-corrected chi connectivity index (χ0v) is 12.9. The van der Waals surface area contributed by atoms with Gasteiger partial charge >= 0.3 is 0 Å². The van der Waals surface area contributed by atoms with Crippen molar-refractivity contribution in [3.63, 3.8) is 0 Å². The summed E-state index contributed by atoms with van der Waals surface area (Å²) in [5, 5.41) is 2.99. The maximum absolute atomic E-state index is 12.3. The largest absolute Gasteiger partial charge is 0.399 e. The smallest absolute Gasteiger partial charge is 0.251 e. The lowest BCUT2D eigenvalue weighted by Gasteiger charge is -2.12. The molecule has 21 heavy (non-hydrogen) atoms. The fraction of sp³-hybridized carbons (Fsp3) is 0.278. The first-order valence-corrected chi connectivity index (χ1v) is 7.18. The van der Waals surface area contributed by atoms with Gasteiger partial charge in [-0.05, 0) is 56.0 Å². The van der Waals surface area contributed by atoms with Crippen LogP contribution in [-0.4, -0.2) is 12.5 Å². The number of anilines is 1.